The molecule has 2 rings (SSSR count). The van der Waals surface area contributed by atoms with Gasteiger partial charge in [0.2, 0.25) is 0 Å². The van der Waals surface area contributed by atoms with Gasteiger partial charge in [-0.05, 0) is 31.1 Å². The van der Waals surface area contributed by atoms with Crippen LogP contribution in [0.4, 0.5) is 5.82 Å². The van der Waals surface area contributed by atoms with Gasteiger partial charge < -0.3 is 5.32 Å². The Morgan fingerprint density at radius 1 is 1.26 bits per heavy atom. The van der Waals surface area contributed by atoms with Gasteiger partial charge in [0.15, 0.2) is 0 Å². The highest BCUT2D eigenvalue weighted by Gasteiger charge is 2.31. The van der Waals surface area contributed by atoms with Gasteiger partial charge >= 0.3 is 0 Å². The van der Waals surface area contributed by atoms with Gasteiger partial charge in [0.25, 0.3) is 0 Å². The van der Waals surface area contributed by atoms with Crippen molar-refractivity contribution in [3.8, 4) is 0 Å². The number of rotatable bonds is 6. The molecule has 1 heterocycles. The molecule has 1 aliphatic carbocycles. The van der Waals surface area contributed by atoms with Gasteiger partial charge in [0, 0.05) is 12.1 Å². The lowest BCUT2D eigenvalue weighted by molar-refractivity contribution is 0.306. The van der Waals surface area contributed by atoms with E-state index in [0.717, 1.165) is 30.8 Å². The van der Waals surface area contributed by atoms with Crippen molar-refractivity contribution in [3.63, 3.8) is 0 Å². The van der Waals surface area contributed by atoms with Crippen LogP contribution >= 0.6 is 11.6 Å². The first-order valence-electron chi connectivity index (χ1n) is 7.44. The highest BCUT2D eigenvalue weighted by atomic mass is 35.5. The summed E-state index contributed by atoms with van der Waals surface area (Å²) in [6.45, 7) is 5.46. The second-order valence-electron chi connectivity index (χ2n) is 5.66. The van der Waals surface area contributed by atoms with Crippen molar-refractivity contribution in [2.75, 3.05) is 11.9 Å². The molecule has 0 aromatic carbocycles. The molecule has 0 radical (unpaired) electrons. The van der Waals surface area contributed by atoms with Gasteiger partial charge in [0.05, 0.1) is 0 Å². The van der Waals surface area contributed by atoms with Gasteiger partial charge in [-0.25, -0.2) is 9.97 Å². The predicted molar refractivity (Wildman–Crippen MR) is 80.7 cm³/mol. The molecule has 1 aromatic heterocycles. The summed E-state index contributed by atoms with van der Waals surface area (Å²) < 4.78 is 0. The van der Waals surface area contributed by atoms with Crippen LogP contribution in [0, 0.1) is 5.41 Å². The van der Waals surface area contributed by atoms with E-state index in [1.807, 2.05) is 0 Å². The largest absolute Gasteiger partial charge is 0.369 e. The van der Waals surface area contributed by atoms with Gasteiger partial charge in [-0.15, -0.1) is 0 Å². The van der Waals surface area contributed by atoms with Crippen LogP contribution in [0.5, 0.6) is 0 Å². The van der Waals surface area contributed by atoms with Crippen molar-refractivity contribution in [1.29, 1.82) is 0 Å². The summed E-state index contributed by atoms with van der Waals surface area (Å²) in [7, 11) is 0. The maximum atomic E-state index is 6.18. The Bertz CT molecular complexity index is 414. The van der Waals surface area contributed by atoms with Gasteiger partial charge in [-0.3, -0.25) is 0 Å². The number of hydrogen-bond donors (Lipinski definition) is 1. The molecule has 0 aliphatic heterocycles. The molecule has 0 amide bonds. The molecule has 0 bridgehead atoms. The number of halogens is 1. The molecule has 1 N–H and O–H groups in total. The third kappa shape index (κ3) is 3.38. The lowest BCUT2D eigenvalue weighted by Gasteiger charge is -2.28. The van der Waals surface area contributed by atoms with Crippen LogP contribution < -0.4 is 5.32 Å². The molecule has 4 heteroatoms. The summed E-state index contributed by atoms with van der Waals surface area (Å²) in [6, 6.07) is 0. The maximum Gasteiger partial charge on any atom is 0.137 e. The summed E-state index contributed by atoms with van der Waals surface area (Å²) in [5.41, 5.74) is 1.52. The molecule has 1 saturated carbocycles. The molecule has 1 aliphatic rings. The Labute approximate surface area is 121 Å². The summed E-state index contributed by atoms with van der Waals surface area (Å²) in [4.78, 5) is 8.47. The average molecular weight is 282 g/mol. The molecule has 0 atom stereocenters. The van der Waals surface area contributed by atoms with E-state index in [9.17, 15) is 0 Å². The SMILES string of the molecule is CCCc1c(Cl)ncnc1NCC1(CC)CCCC1. The first-order chi connectivity index (χ1) is 9.21. The number of nitrogens with zero attached hydrogens (tertiary/aromatic N) is 2. The third-order valence-corrected chi connectivity index (χ3v) is 4.76. The van der Waals surface area contributed by atoms with Gasteiger partial charge in [0.1, 0.15) is 17.3 Å². The summed E-state index contributed by atoms with van der Waals surface area (Å²) in [6.07, 6.45) is 10.2. The number of anilines is 1. The predicted octanol–water partition coefficient (Wildman–Crippen LogP) is 4.46. The van der Waals surface area contributed by atoms with Crippen molar-refractivity contribution in [2.24, 2.45) is 5.41 Å². The van der Waals surface area contributed by atoms with Crippen LogP contribution in [-0.2, 0) is 6.42 Å². The molecule has 19 heavy (non-hydrogen) atoms. The van der Waals surface area contributed by atoms with Crippen LogP contribution in [0.3, 0.4) is 0 Å². The molecule has 0 saturated heterocycles. The van der Waals surface area contributed by atoms with Crippen LogP contribution in [0.2, 0.25) is 5.15 Å². The van der Waals surface area contributed by atoms with Gasteiger partial charge in [-0.1, -0.05) is 44.7 Å². The Kier molecular flexibility index (Phi) is 5.03. The molecular formula is C15H24ClN3. The van der Waals surface area contributed by atoms with E-state index in [0.29, 0.717) is 10.6 Å². The molecule has 0 spiro atoms. The smallest absolute Gasteiger partial charge is 0.137 e. The first kappa shape index (κ1) is 14.6. The van der Waals surface area contributed by atoms with Gasteiger partial charge in [-0.2, -0.15) is 0 Å². The molecule has 0 unspecified atom stereocenters. The van der Waals surface area contributed by atoms with Crippen LogP contribution in [-0.4, -0.2) is 16.5 Å². The van der Waals surface area contributed by atoms with E-state index in [-0.39, 0.29) is 0 Å². The normalized spacial score (nSPS) is 17.6. The van der Waals surface area contributed by atoms with Crippen molar-refractivity contribution in [1.82, 2.24) is 9.97 Å². The molecule has 3 nitrogen and oxygen atoms in total. The summed E-state index contributed by atoms with van der Waals surface area (Å²) in [5, 5.41) is 4.13. The summed E-state index contributed by atoms with van der Waals surface area (Å²) in [5.74, 6) is 0.932. The molecule has 1 fully saturated rings. The lowest BCUT2D eigenvalue weighted by Crippen LogP contribution is -2.26. The van der Waals surface area contributed by atoms with Crippen molar-refractivity contribution in [2.45, 2.75) is 58.8 Å². The number of aromatic nitrogens is 2. The van der Waals surface area contributed by atoms with Crippen LogP contribution in [0.1, 0.15) is 57.9 Å². The van der Waals surface area contributed by atoms with Crippen LogP contribution in [0.15, 0.2) is 6.33 Å². The van der Waals surface area contributed by atoms with Crippen molar-refractivity contribution < 1.29 is 0 Å². The average Bonchev–Trinajstić information content (AvgIpc) is 2.89. The zero-order chi connectivity index (χ0) is 13.7. The Morgan fingerprint density at radius 3 is 2.63 bits per heavy atom. The van der Waals surface area contributed by atoms with E-state index >= 15 is 0 Å². The van der Waals surface area contributed by atoms with Crippen molar-refractivity contribution in [3.05, 3.63) is 17.0 Å². The fourth-order valence-electron chi connectivity index (χ4n) is 3.07. The zero-order valence-corrected chi connectivity index (χ0v) is 12.8. The Morgan fingerprint density at radius 2 is 2.00 bits per heavy atom. The highest BCUT2D eigenvalue weighted by Crippen LogP contribution is 2.41. The molecule has 106 valence electrons. The zero-order valence-electron chi connectivity index (χ0n) is 12.0. The second kappa shape index (κ2) is 6.56. The Balaban J connectivity index is 2.08. The minimum absolute atomic E-state index is 0.459. The minimum atomic E-state index is 0.459. The Hall–Kier alpha value is -0.830. The fraction of sp³-hybridized carbons (Fsp3) is 0.733. The quantitative estimate of drug-likeness (QED) is 0.782. The second-order valence-corrected chi connectivity index (χ2v) is 6.01. The monoisotopic (exact) mass is 281 g/mol. The first-order valence-corrected chi connectivity index (χ1v) is 7.82. The van der Waals surface area contributed by atoms with E-state index in [1.54, 1.807) is 6.33 Å². The number of hydrogen-bond acceptors (Lipinski definition) is 3. The summed E-state index contributed by atoms with van der Waals surface area (Å²) >= 11 is 6.18. The van der Waals surface area contributed by atoms with Crippen molar-refractivity contribution >= 4 is 17.4 Å². The third-order valence-electron chi connectivity index (χ3n) is 4.44. The fourth-order valence-corrected chi connectivity index (χ4v) is 3.29. The van der Waals surface area contributed by atoms with E-state index in [4.69, 9.17) is 11.6 Å². The van der Waals surface area contributed by atoms with E-state index in [1.165, 1.54) is 32.1 Å². The topological polar surface area (TPSA) is 37.8 Å². The van der Waals surface area contributed by atoms with E-state index < -0.39 is 0 Å². The molecular weight excluding hydrogens is 258 g/mol. The standard InChI is InChI=1S/C15H24ClN3/c1-3-7-12-13(16)18-11-19-14(12)17-10-15(4-2)8-5-6-9-15/h11H,3-10H2,1-2H3,(H,17,18,19). The molecule has 1 aromatic rings. The van der Waals surface area contributed by atoms with E-state index in [2.05, 4.69) is 29.1 Å². The highest BCUT2D eigenvalue weighted by molar-refractivity contribution is 6.30. The lowest BCUT2D eigenvalue weighted by atomic mass is 9.83. The van der Waals surface area contributed by atoms with Crippen LogP contribution in [0.25, 0.3) is 0 Å². The minimum Gasteiger partial charge on any atom is -0.369 e. The number of nitrogens with one attached hydrogen (secondary N) is 1. The maximum absolute atomic E-state index is 6.18.